The molecule has 0 bridgehead atoms. The zero-order chi connectivity index (χ0) is 9.49. The summed E-state index contributed by atoms with van der Waals surface area (Å²) >= 11 is 1.54. The third kappa shape index (κ3) is 17.9. The molecule has 0 radical (unpaired) electrons. The van der Waals surface area contributed by atoms with Crippen LogP contribution in [0.3, 0.4) is 0 Å². The van der Waals surface area contributed by atoms with Crippen molar-refractivity contribution in [2.75, 3.05) is 6.54 Å². The third-order valence-corrected chi connectivity index (χ3v) is 1.39. The van der Waals surface area contributed by atoms with Crippen LogP contribution in [0.5, 0.6) is 0 Å². The Bertz CT molecular complexity index is 113. The van der Waals surface area contributed by atoms with Crippen molar-refractivity contribution in [1.29, 1.82) is 0 Å². The van der Waals surface area contributed by atoms with Gasteiger partial charge in [-0.1, -0.05) is 0 Å². The van der Waals surface area contributed by atoms with Crippen LogP contribution >= 0.6 is 0 Å². The van der Waals surface area contributed by atoms with Crippen LogP contribution in [0.4, 0.5) is 0 Å². The topological polar surface area (TPSA) is 12.0 Å². The van der Waals surface area contributed by atoms with Gasteiger partial charge >= 0.3 is 68.3 Å². The Balaban J connectivity index is 0. The molecule has 0 amide bonds. The number of hydrogen-bond donors (Lipinski definition) is 1. The molecular formula is C9H19NW. The zero-order valence-corrected chi connectivity index (χ0v) is 11.0. The Morgan fingerprint density at radius 1 is 1.36 bits per heavy atom. The van der Waals surface area contributed by atoms with Crippen LogP contribution in [0.15, 0.2) is 13.2 Å². The van der Waals surface area contributed by atoms with E-state index in [4.69, 9.17) is 0 Å². The van der Waals surface area contributed by atoms with E-state index >= 15 is 0 Å². The summed E-state index contributed by atoms with van der Waals surface area (Å²) < 4.78 is 1.38. The quantitative estimate of drug-likeness (QED) is 0.767. The second-order valence-electron chi connectivity index (χ2n) is 3.47. The first-order chi connectivity index (χ1) is 4.92. The Hall–Kier alpha value is 0.258. The Morgan fingerprint density at radius 2 is 1.73 bits per heavy atom. The van der Waals surface area contributed by atoms with Gasteiger partial charge in [0, 0.05) is 0 Å². The van der Waals surface area contributed by atoms with Gasteiger partial charge in [0.05, 0.1) is 0 Å². The molecule has 0 fully saturated rings. The van der Waals surface area contributed by atoms with Gasteiger partial charge < -0.3 is 0 Å². The standard InChI is InChI=1S/C7H15N.C2H4.W/c1-5-8-6-7(2,3)4;1-2;/h8H,6H2,1-4H3;1-2H2;. The monoisotopic (exact) mass is 325 g/mol. The molecule has 0 saturated carbocycles. The predicted molar refractivity (Wildman–Crippen MR) is 49.4 cm³/mol. The van der Waals surface area contributed by atoms with Gasteiger partial charge in [0.2, 0.25) is 0 Å². The van der Waals surface area contributed by atoms with Gasteiger partial charge in [0.25, 0.3) is 0 Å². The minimum atomic E-state index is 0.413. The molecule has 11 heavy (non-hydrogen) atoms. The molecule has 66 valence electrons. The molecule has 0 aliphatic rings. The Labute approximate surface area is 81.7 Å². The summed E-state index contributed by atoms with van der Waals surface area (Å²) in [5, 5.41) is 3.34. The fraction of sp³-hybridized carbons (Fsp3) is 0.667. The van der Waals surface area contributed by atoms with E-state index in [0.717, 1.165) is 6.54 Å². The van der Waals surface area contributed by atoms with Gasteiger partial charge in [-0.25, -0.2) is 0 Å². The van der Waals surface area contributed by atoms with E-state index < -0.39 is 0 Å². The van der Waals surface area contributed by atoms with Crippen LogP contribution < -0.4 is 5.32 Å². The van der Waals surface area contributed by atoms with Crippen LogP contribution in [0.25, 0.3) is 0 Å². The van der Waals surface area contributed by atoms with Gasteiger partial charge in [0.1, 0.15) is 0 Å². The first kappa shape index (κ1) is 13.8. The van der Waals surface area contributed by atoms with Gasteiger partial charge in [-0.15, -0.1) is 13.2 Å². The molecule has 0 saturated heterocycles. The van der Waals surface area contributed by atoms with Crippen molar-refractivity contribution in [2.24, 2.45) is 5.41 Å². The van der Waals surface area contributed by atoms with Crippen molar-refractivity contribution in [3.05, 3.63) is 13.2 Å². The summed E-state index contributed by atoms with van der Waals surface area (Å²) in [5.74, 6) is 0. The van der Waals surface area contributed by atoms with E-state index in [9.17, 15) is 0 Å². The summed E-state index contributed by atoms with van der Waals surface area (Å²) in [6, 6.07) is 0. The van der Waals surface area contributed by atoms with E-state index in [-0.39, 0.29) is 0 Å². The fourth-order valence-electron chi connectivity index (χ4n) is 0.390. The minimum absolute atomic E-state index is 0.413. The molecule has 1 N–H and O–H groups in total. The number of rotatable bonds is 2. The number of hydrogen-bond acceptors (Lipinski definition) is 1. The maximum atomic E-state index is 3.34. The molecule has 0 aliphatic heterocycles. The predicted octanol–water partition coefficient (Wildman–Crippen LogP) is 2.12. The van der Waals surface area contributed by atoms with E-state index in [2.05, 4.69) is 46.2 Å². The van der Waals surface area contributed by atoms with Crippen molar-refractivity contribution < 1.29 is 19.4 Å². The van der Waals surface area contributed by atoms with Gasteiger partial charge in [-0.2, -0.15) is 0 Å². The molecule has 1 nitrogen and oxygen atoms in total. The van der Waals surface area contributed by atoms with Crippen LogP contribution in [-0.2, 0) is 19.4 Å². The fourth-order valence-corrected chi connectivity index (χ4v) is 0.649. The van der Waals surface area contributed by atoms with Gasteiger partial charge in [-0.3, -0.25) is 0 Å². The summed E-state index contributed by atoms with van der Waals surface area (Å²) in [6.45, 7) is 15.9. The van der Waals surface area contributed by atoms with Crippen molar-refractivity contribution >= 4 is 4.02 Å². The Kier molecular flexibility index (Phi) is 8.72. The molecule has 0 spiro atoms. The summed E-state index contributed by atoms with van der Waals surface area (Å²) in [4.78, 5) is 0. The second kappa shape index (κ2) is 6.94. The molecule has 0 rings (SSSR count). The van der Waals surface area contributed by atoms with Crippen molar-refractivity contribution in [1.82, 2.24) is 5.32 Å². The van der Waals surface area contributed by atoms with E-state index in [1.54, 1.807) is 0 Å². The number of nitrogens with one attached hydrogen (secondary N) is 1. The SMILES string of the molecule is C=C.C[C](=[W])NCC(C)(C)C. The Morgan fingerprint density at radius 3 is 1.82 bits per heavy atom. The van der Waals surface area contributed by atoms with E-state index in [0.29, 0.717) is 5.41 Å². The normalized spacial score (nSPS) is 9.82. The maximum absolute atomic E-state index is 3.34. The second-order valence-corrected chi connectivity index (χ2v) is 5.67. The summed E-state index contributed by atoms with van der Waals surface area (Å²) in [7, 11) is 0. The van der Waals surface area contributed by atoms with Crippen LogP contribution in [0.2, 0.25) is 0 Å². The summed E-state index contributed by atoms with van der Waals surface area (Å²) in [5.41, 5.74) is 0.413. The first-order valence-electron chi connectivity index (χ1n) is 3.66. The van der Waals surface area contributed by atoms with E-state index in [1.807, 2.05) is 0 Å². The third-order valence-electron chi connectivity index (χ3n) is 0.868. The van der Waals surface area contributed by atoms with Gasteiger partial charge in [-0.05, 0) is 0 Å². The van der Waals surface area contributed by atoms with E-state index in [1.165, 1.54) is 23.4 Å². The van der Waals surface area contributed by atoms with Crippen LogP contribution in [-0.4, -0.2) is 10.6 Å². The average Bonchev–Trinajstić information content (AvgIpc) is 1.87. The molecule has 0 atom stereocenters. The molecule has 0 aliphatic carbocycles. The molecule has 0 aromatic heterocycles. The van der Waals surface area contributed by atoms with Gasteiger partial charge in [0.15, 0.2) is 0 Å². The molecule has 0 heterocycles. The average molecular weight is 325 g/mol. The van der Waals surface area contributed by atoms with Crippen LogP contribution in [0.1, 0.15) is 27.7 Å². The van der Waals surface area contributed by atoms with Crippen molar-refractivity contribution in [3.8, 4) is 0 Å². The molecule has 2 heteroatoms. The van der Waals surface area contributed by atoms with Crippen molar-refractivity contribution in [3.63, 3.8) is 0 Å². The van der Waals surface area contributed by atoms with Crippen LogP contribution in [0, 0.1) is 5.41 Å². The zero-order valence-electron chi connectivity index (χ0n) is 8.03. The summed E-state index contributed by atoms with van der Waals surface area (Å²) in [6.07, 6.45) is 0. The molecule has 0 unspecified atom stereocenters. The van der Waals surface area contributed by atoms with Crippen molar-refractivity contribution in [2.45, 2.75) is 27.7 Å². The molecule has 0 aromatic rings. The molecule has 0 aromatic carbocycles. The first-order valence-corrected chi connectivity index (χ1v) is 5.13. The molecular weight excluding hydrogens is 306 g/mol.